The van der Waals surface area contributed by atoms with E-state index in [0.717, 1.165) is 11.3 Å². The minimum absolute atomic E-state index is 0.0683. The van der Waals surface area contributed by atoms with Crippen LogP contribution in [0.4, 0.5) is 15.8 Å². The van der Waals surface area contributed by atoms with Crippen molar-refractivity contribution >= 4 is 35.0 Å². The highest BCUT2D eigenvalue weighted by atomic mass is 32.2. The molecule has 29 heavy (non-hydrogen) atoms. The van der Waals surface area contributed by atoms with Crippen LogP contribution < -0.4 is 10.6 Å². The molecule has 7 heteroatoms. The predicted octanol–water partition coefficient (Wildman–Crippen LogP) is 4.82. The Labute approximate surface area is 172 Å². The van der Waals surface area contributed by atoms with Gasteiger partial charge in [0, 0.05) is 17.1 Å². The molecule has 5 nitrogen and oxygen atoms in total. The van der Waals surface area contributed by atoms with Crippen LogP contribution in [0, 0.1) is 19.7 Å². The SMILES string of the molecule is Cc1cc(C)c(C(=O)Nc2ccccc2)c(SCC(=O)Nc2ccc(F)cc2)n1. The average molecular weight is 409 g/mol. The summed E-state index contributed by atoms with van der Waals surface area (Å²) in [6.45, 7) is 3.69. The minimum Gasteiger partial charge on any atom is -0.325 e. The lowest BCUT2D eigenvalue weighted by molar-refractivity contribution is -0.113. The van der Waals surface area contributed by atoms with Gasteiger partial charge in [0.2, 0.25) is 5.91 Å². The van der Waals surface area contributed by atoms with E-state index in [1.807, 2.05) is 38.1 Å². The third kappa shape index (κ3) is 5.65. The highest BCUT2D eigenvalue weighted by Gasteiger charge is 2.18. The number of thioether (sulfide) groups is 1. The summed E-state index contributed by atoms with van der Waals surface area (Å²) in [4.78, 5) is 29.6. The van der Waals surface area contributed by atoms with Gasteiger partial charge in [0.25, 0.3) is 5.91 Å². The summed E-state index contributed by atoms with van der Waals surface area (Å²) < 4.78 is 13.0. The van der Waals surface area contributed by atoms with Crippen molar-refractivity contribution in [3.63, 3.8) is 0 Å². The van der Waals surface area contributed by atoms with Crippen LogP contribution in [0.3, 0.4) is 0 Å². The topological polar surface area (TPSA) is 71.1 Å². The van der Waals surface area contributed by atoms with E-state index in [-0.39, 0.29) is 23.4 Å². The molecule has 148 valence electrons. The third-order valence-corrected chi connectivity index (χ3v) is 5.01. The number of carbonyl (C=O) groups is 2. The van der Waals surface area contributed by atoms with Crippen molar-refractivity contribution in [3.05, 3.63) is 83.3 Å². The number of anilines is 2. The number of nitrogens with zero attached hydrogens (tertiary/aromatic N) is 1. The zero-order chi connectivity index (χ0) is 20.8. The van der Waals surface area contributed by atoms with Gasteiger partial charge in [0.15, 0.2) is 0 Å². The molecule has 3 aromatic rings. The van der Waals surface area contributed by atoms with E-state index in [9.17, 15) is 14.0 Å². The maximum atomic E-state index is 13.0. The van der Waals surface area contributed by atoms with Gasteiger partial charge in [-0.25, -0.2) is 9.37 Å². The van der Waals surface area contributed by atoms with Crippen LogP contribution in [0.2, 0.25) is 0 Å². The van der Waals surface area contributed by atoms with E-state index in [1.165, 1.54) is 36.0 Å². The fourth-order valence-corrected chi connectivity index (χ4v) is 3.71. The van der Waals surface area contributed by atoms with Gasteiger partial charge in [-0.3, -0.25) is 9.59 Å². The van der Waals surface area contributed by atoms with Crippen LogP contribution in [0.1, 0.15) is 21.6 Å². The molecule has 0 saturated carbocycles. The van der Waals surface area contributed by atoms with E-state index in [4.69, 9.17) is 0 Å². The van der Waals surface area contributed by atoms with Crippen molar-refractivity contribution in [2.75, 3.05) is 16.4 Å². The summed E-state index contributed by atoms with van der Waals surface area (Å²) in [6, 6.07) is 16.5. The molecule has 2 amide bonds. The summed E-state index contributed by atoms with van der Waals surface area (Å²) >= 11 is 1.19. The fraction of sp³-hybridized carbons (Fsp3) is 0.136. The number of rotatable bonds is 6. The Hall–Kier alpha value is -3.19. The summed E-state index contributed by atoms with van der Waals surface area (Å²) in [7, 11) is 0. The Balaban J connectivity index is 1.73. The second-order valence-electron chi connectivity index (χ2n) is 6.42. The van der Waals surface area contributed by atoms with Gasteiger partial charge in [-0.2, -0.15) is 0 Å². The number of amides is 2. The second-order valence-corrected chi connectivity index (χ2v) is 7.39. The van der Waals surface area contributed by atoms with Crippen molar-refractivity contribution in [1.29, 1.82) is 0 Å². The van der Waals surface area contributed by atoms with Crippen LogP contribution in [-0.2, 0) is 4.79 Å². The smallest absolute Gasteiger partial charge is 0.258 e. The van der Waals surface area contributed by atoms with Gasteiger partial charge >= 0.3 is 0 Å². The highest BCUT2D eigenvalue weighted by Crippen LogP contribution is 2.25. The van der Waals surface area contributed by atoms with Crippen molar-refractivity contribution in [3.8, 4) is 0 Å². The lowest BCUT2D eigenvalue weighted by Crippen LogP contribution is -2.18. The maximum Gasteiger partial charge on any atom is 0.258 e. The molecule has 0 bridgehead atoms. The van der Waals surface area contributed by atoms with E-state index in [2.05, 4.69) is 15.6 Å². The molecule has 0 radical (unpaired) electrons. The molecule has 0 saturated heterocycles. The molecular formula is C22H20FN3O2S. The van der Waals surface area contributed by atoms with Crippen molar-refractivity contribution in [2.45, 2.75) is 18.9 Å². The normalized spacial score (nSPS) is 10.4. The van der Waals surface area contributed by atoms with E-state index < -0.39 is 0 Å². The number of aromatic nitrogens is 1. The van der Waals surface area contributed by atoms with Crippen molar-refractivity contribution in [2.24, 2.45) is 0 Å². The number of benzene rings is 2. The molecule has 0 aliphatic carbocycles. The fourth-order valence-electron chi connectivity index (χ4n) is 2.76. The number of halogens is 1. The van der Waals surface area contributed by atoms with Crippen molar-refractivity contribution < 1.29 is 14.0 Å². The Morgan fingerprint density at radius 3 is 2.31 bits per heavy atom. The highest BCUT2D eigenvalue weighted by molar-refractivity contribution is 8.00. The molecule has 0 atom stereocenters. The number of hydrogen-bond acceptors (Lipinski definition) is 4. The number of pyridine rings is 1. The van der Waals surface area contributed by atoms with Crippen LogP contribution in [0.25, 0.3) is 0 Å². The van der Waals surface area contributed by atoms with Gasteiger partial charge in [-0.1, -0.05) is 30.0 Å². The zero-order valence-corrected chi connectivity index (χ0v) is 16.8. The molecular weight excluding hydrogens is 389 g/mol. The number of para-hydroxylation sites is 1. The van der Waals surface area contributed by atoms with E-state index in [1.54, 1.807) is 12.1 Å². The molecule has 0 unspecified atom stereocenters. The van der Waals surface area contributed by atoms with Crippen LogP contribution in [0.5, 0.6) is 0 Å². The molecule has 1 aromatic heterocycles. The molecule has 2 N–H and O–H groups in total. The Morgan fingerprint density at radius 1 is 0.966 bits per heavy atom. The second kappa shape index (κ2) is 9.34. The standard InChI is InChI=1S/C22H20FN3O2S/c1-14-12-15(2)24-22(20(14)21(28)26-17-6-4-3-5-7-17)29-13-19(27)25-18-10-8-16(23)9-11-18/h3-12H,13H2,1-2H3,(H,25,27)(H,26,28). The first-order chi connectivity index (χ1) is 13.9. The molecule has 1 heterocycles. The third-order valence-electron chi connectivity index (χ3n) is 4.04. The number of hydrogen-bond donors (Lipinski definition) is 2. The van der Waals surface area contributed by atoms with E-state index in [0.29, 0.717) is 22.0 Å². The number of nitrogens with one attached hydrogen (secondary N) is 2. The summed E-state index contributed by atoms with van der Waals surface area (Å²) in [5, 5.41) is 6.06. The van der Waals surface area contributed by atoms with Gasteiger partial charge in [0.1, 0.15) is 10.8 Å². The van der Waals surface area contributed by atoms with Gasteiger partial charge in [-0.15, -0.1) is 0 Å². The van der Waals surface area contributed by atoms with E-state index >= 15 is 0 Å². The lowest BCUT2D eigenvalue weighted by Gasteiger charge is -2.13. The average Bonchev–Trinajstić information content (AvgIpc) is 2.68. The first-order valence-corrected chi connectivity index (χ1v) is 9.94. The first kappa shape index (κ1) is 20.5. The Bertz CT molecular complexity index is 1020. The van der Waals surface area contributed by atoms with Gasteiger partial charge in [-0.05, 0) is 61.9 Å². The molecule has 0 fully saturated rings. The Kier molecular flexibility index (Phi) is 6.61. The lowest BCUT2D eigenvalue weighted by atomic mass is 10.1. The minimum atomic E-state index is -0.370. The summed E-state index contributed by atoms with van der Waals surface area (Å²) in [5.41, 5.74) is 3.18. The molecule has 0 aliphatic rings. The quantitative estimate of drug-likeness (QED) is 0.573. The molecule has 0 spiro atoms. The van der Waals surface area contributed by atoms with Crippen LogP contribution in [-0.4, -0.2) is 22.6 Å². The largest absolute Gasteiger partial charge is 0.325 e. The summed E-state index contributed by atoms with van der Waals surface area (Å²) in [5.74, 6) is -0.843. The number of carbonyl (C=O) groups excluding carboxylic acids is 2. The predicted molar refractivity (Wildman–Crippen MR) is 114 cm³/mol. The molecule has 0 aliphatic heterocycles. The number of aryl methyl sites for hydroxylation is 2. The van der Waals surface area contributed by atoms with Crippen LogP contribution in [0.15, 0.2) is 65.7 Å². The molecule has 3 rings (SSSR count). The summed E-state index contributed by atoms with van der Waals surface area (Å²) in [6.07, 6.45) is 0. The van der Waals surface area contributed by atoms with Crippen molar-refractivity contribution in [1.82, 2.24) is 4.98 Å². The maximum absolute atomic E-state index is 13.0. The van der Waals surface area contributed by atoms with Gasteiger partial charge < -0.3 is 10.6 Å². The Morgan fingerprint density at radius 2 is 1.62 bits per heavy atom. The zero-order valence-electron chi connectivity index (χ0n) is 16.0. The molecule has 2 aromatic carbocycles. The van der Waals surface area contributed by atoms with Gasteiger partial charge in [0.05, 0.1) is 11.3 Å². The monoisotopic (exact) mass is 409 g/mol. The van der Waals surface area contributed by atoms with Crippen LogP contribution >= 0.6 is 11.8 Å². The first-order valence-electron chi connectivity index (χ1n) is 8.95.